The number of rotatable bonds is 1. The van der Waals surface area contributed by atoms with Crippen LogP contribution in [0.3, 0.4) is 0 Å². The van der Waals surface area contributed by atoms with Crippen LogP contribution in [0.5, 0.6) is 0 Å². The summed E-state index contributed by atoms with van der Waals surface area (Å²) >= 11 is 0. The van der Waals surface area contributed by atoms with Crippen LogP contribution in [0.1, 0.15) is 67.2 Å². The van der Waals surface area contributed by atoms with Crippen molar-refractivity contribution in [1.29, 1.82) is 0 Å². The molecule has 20 heavy (non-hydrogen) atoms. The first kappa shape index (κ1) is 19.2. The molecule has 0 spiro atoms. The predicted molar refractivity (Wildman–Crippen MR) is 83.5 cm³/mol. The third kappa shape index (κ3) is 3.85. The van der Waals surface area contributed by atoms with Crippen LogP contribution in [0.25, 0.3) is 0 Å². The van der Waals surface area contributed by atoms with Crippen LogP contribution in [0.15, 0.2) is 12.2 Å². The minimum Gasteiger partial charge on any atom is -0.460 e. The summed E-state index contributed by atoms with van der Waals surface area (Å²) in [5.41, 5.74) is -0.654. The lowest BCUT2D eigenvalue weighted by molar-refractivity contribution is -0.174. The maximum absolute atomic E-state index is 12.5. The zero-order valence-electron chi connectivity index (χ0n) is 12.7. The summed E-state index contributed by atoms with van der Waals surface area (Å²) in [6, 6.07) is 0. The second-order valence-electron chi connectivity index (χ2n) is 7.09. The van der Waals surface area contributed by atoms with Gasteiger partial charge in [-0.1, -0.05) is 26.0 Å². The SMILES string of the molecule is C.CC(C)(C)OC(=O)C1(C)CCCC2C=CCCC21.O. The van der Waals surface area contributed by atoms with Crippen LogP contribution in [-0.4, -0.2) is 17.0 Å². The van der Waals surface area contributed by atoms with Crippen LogP contribution in [0.2, 0.25) is 0 Å². The minimum atomic E-state index is -0.377. The van der Waals surface area contributed by atoms with Crippen LogP contribution < -0.4 is 0 Å². The summed E-state index contributed by atoms with van der Waals surface area (Å²) in [6.45, 7) is 7.98. The molecule has 2 aliphatic carbocycles. The van der Waals surface area contributed by atoms with Gasteiger partial charge in [-0.25, -0.2) is 0 Å². The lowest BCUT2D eigenvalue weighted by Crippen LogP contribution is -2.46. The molecular weight excluding hydrogens is 252 g/mol. The maximum atomic E-state index is 12.5. The summed E-state index contributed by atoms with van der Waals surface area (Å²) in [4.78, 5) is 12.5. The average molecular weight is 284 g/mol. The molecule has 0 amide bonds. The van der Waals surface area contributed by atoms with Gasteiger partial charge < -0.3 is 10.2 Å². The van der Waals surface area contributed by atoms with Gasteiger partial charge in [-0.15, -0.1) is 0 Å². The molecule has 0 saturated heterocycles. The van der Waals surface area contributed by atoms with Crippen molar-refractivity contribution in [2.45, 2.75) is 72.8 Å². The Bertz CT molecular complexity index is 354. The summed E-state index contributed by atoms with van der Waals surface area (Å²) in [6.07, 6.45) is 10.2. The van der Waals surface area contributed by atoms with Gasteiger partial charge in [0.2, 0.25) is 0 Å². The van der Waals surface area contributed by atoms with Gasteiger partial charge in [0.25, 0.3) is 0 Å². The van der Waals surface area contributed by atoms with E-state index >= 15 is 0 Å². The first-order chi connectivity index (χ1) is 8.33. The lowest BCUT2D eigenvalue weighted by Gasteiger charge is -2.45. The van der Waals surface area contributed by atoms with Gasteiger partial charge in [0, 0.05) is 0 Å². The zero-order chi connectivity index (χ0) is 13.4. The van der Waals surface area contributed by atoms with E-state index in [1.807, 2.05) is 20.8 Å². The maximum Gasteiger partial charge on any atom is 0.312 e. The van der Waals surface area contributed by atoms with Crippen molar-refractivity contribution in [3.8, 4) is 0 Å². The number of allylic oxidation sites excluding steroid dienone is 2. The van der Waals surface area contributed by atoms with Crippen molar-refractivity contribution in [3.63, 3.8) is 0 Å². The number of hydrogen-bond acceptors (Lipinski definition) is 2. The van der Waals surface area contributed by atoms with Crippen molar-refractivity contribution in [2.75, 3.05) is 0 Å². The molecule has 3 heteroatoms. The van der Waals surface area contributed by atoms with Gasteiger partial charge in [0.15, 0.2) is 0 Å². The first-order valence-electron chi connectivity index (χ1n) is 7.23. The molecule has 2 rings (SSSR count). The molecule has 0 bridgehead atoms. The molecule has 2 aliphatic rings. The van der Waals surface area contributed by atoms with Gasteiger partial charge in [-0.3, -0.25) is 4.79 Å². The molecule has 0 aromatic carbocycles. The molecule has 0 aromatic rings. The quantitative estimate of drug-likeness (QED) is 0.541. The second-order valence-corrected chi connectivity index (χ2v) is 7.09. The Hall–Kier alpha value is -0.830. The topological polar surface area (TPSA) is 57.8 Å². The third-order valence-electron chi connectivity index (χ3n) is 4.46. The molecule has 118 valence electrons. The number of fused-ring (bicyclic) bond motifs is 1. The smallest absolute Gasteiger partial charge is 0.312 e. The first-order valence-corrected chi connectivity index (χ1v) is 7.23. The molecular formula is C17H32O3. The van der Waals surface area contributed by atoms with E-state index in [9.17, 15) is 4.79 Å². The molecule has 0 radical (unpaired) electrons. The standard InChI is InChI=1S/C16H26O2.CH4.H2O/c1-15(2,3)18-14(17)16(4)11-7-9-12-8-5-6-10-13(12)16;;/h5,8,12-13H,6-7,9-11H2,1-4H3;1H4;1H2. The van der Waals surface area contributed by atoms with E-state index in [1.54, 1.807) is 0 Å². The highest BCUT2D eigenvalue weighted by molar-refractivity contribution is 5.77. The highest BCUT2D eigenvalue weighted by Crippen LogP contribution is 2.49. The van der Waals surface area contributed by atoms with E-state index in [0.717, 1.165) is 25.7 Å². The van der Waals surface area contributed by atoms with Crippen LogP contribution in [-0.2, 0) is 9.53 Å². The third-order valence-corrected chi connectivity index (χ3v) is 4.46. The fourth-order valence-corrected chi connectivity index (χ4v) is 3.52. The van der Waals surface area contributed by atoms with Crippen molar-refractivity contribution in [3.05, 3.63) is 12.2 Å². The van der Waals surface area contributed by atoms with Gasteiger partial charge in [0.1, 0.15) is 5.60 Å². The number of esters is 1. The molecule has 1 saturated carbocycles. The molecule has 3 nitrogen and oxygen atoms in total. The van der Waals surface area contributed by atoms with Gasteiger partial charge in [-0.2, -0.15) is 0 Å². The Morgan fingerprint density at radius 1 is 1.30 bits per heavy atom. The van der Waals surface area contributed by atoms with Crippen LogP contribution >= 0.6 is 0 Å². The van der Waals surface area contributed by atoms with Crippen LogP contribution in [0, 0.1) is 17.3 Å². The van der Waals surface area contributed by atoms with Crippen molar-refractivity contribution in [2.24, 2.45) is 17.3 Å². The van der Waals surface area contributed by atoms with E-state index in [-0.39, 0.29) is 29.9 Å². The Morgan fingerprint density at radius 2 is 1.95 bits per heavy atom. The summed E-state index contributed by atoms with van der Waals surface area (Å²) < 4.78 is 5.67. The molecule has 0 aliphatic heterocycles. The Morgan fingerprint density at radius 3 is 2.55 bits per heavy atom. The highest BCUT2D eigenvalue weighted by Gasteiger charge is 2.48. The Kier molecular flexibility index (Phi) is 6.47. The zero-order valence-corrected chi connectivity index (χ0v) is 12.7. The van der Waals surface area contributed by atoms with E-state index in [0.29, 0.717) is 11.8 Å². The number of carbonyl (C=O) groups excluding carboxylic acids is 1. The monoisotopic (exact) mass is 284 g/mol. The largest absolute Gasteiger partial charge is 0.460 e. The van der Waals surface area contributed by atoms with Crippen molar-refractivity contribution in [1.82, 2.24) is 0 Å². The summed E-state index contributed by atoms with van der Waals surface area (Å²) in [5.74, 6) is 1.08. The van der Waals surface area contributed by atoms with Crippen molar-refractivity contribution < 1.29 is 15.0 Å². The molecule has 3 unspecified atom stereocenters. The summed E-state index contributed by atoms with van der Waals surface area (Å²) in [5, 5.41) is 0. The Balaban J connectivity index is 0.00000180. The number of hydrogen-bond donors (Lipinski definition) is 0. The van der Waals surface area contributed by atoms with Gasteiger partial charge in [0.05, 0.1) is 5.41 Å². The molecule has 2 N–H and O–H groups in total. The number of ether oxygens (including phenoxy) is 1. The van der Waals surface area contributed by atoms with Gasteiger partial charge in [-0.05, 0) is 65.2 Å². The predicted octanol–water partition coefficient (Wildman–Crippen LogP) is 3.91. The molecule has 1 fully saturated rings. The second kappa shape index (κ2) is 6.75. The van der Waals surface area contributed by atoms with E-state index < -0.39 is 0 Å². The molecule has 0 heterocycles. The molecule has 0 aromatic heterocycles. The fourth-order valence-electron chi connectivity index (χ4n) is 3.52. The molecule has 3 atom stereocenters. The van der Waals surface area contributed by atoms with E-state index in [4.69, 9.17) is 4.74 Å². The van der Waals surface area contributed by atoms with E-state index in [1.165, 1.54) is 6.42 Å². The normalized spacial score (nSPS) is 32.4. The summed E-state index contributed by atoms with van der Waals surface area (Å²) in [7, 11) is 0. The fraction of sp³-hybridized carbons (Fsp3) is 0.824. The van der Waals surface area contributed by atoms with Crippen molar-refractivity contribution >= 4 is 5.97 Å². The highest BCUT2D eigenvalue weighted by atomic mass is 16.6. The van der Waals surface area contributed by atoms with Gasteiger partial charge >= 0.3 is 5.97 Å². The lowest BCUT2D eigenvalue weighted by atomic mass is 9.59. The Labute approximate surface area is 124 Å². The van der Waals surface area contributed by atoms with Crippen LogP contribution in [0.4, 0.5) is 0 Å². The number of carbonyl (C=O) groups is 1. The minimum absolute atomic E-state index is 0. The van der Waals surface area contributed by atoms with E-state index in [2.05, 4.69) is 19.1 Å². The average Bonchev–Trinajstić information content (AvgIpc) is 2.27.